The molecule has 0 bridgehead atoms. The summed E-state index contributed by atoms with van der Waals surface area (Å²) in [6.45, 7) is 0.839. The Morgan fingerprint density at radius 2 is 2.00 bits per heavy atom. The number of nitrogens with zero attached hydrogens (tertiary/aromatic N) is 3. The highest BCUT2D eigenvalue weighted by molar-refractivity contribution is 5.99. The van der Waals surface area contributed by atoms with Crippen LogP contribution in [0.5, 0.6) is 0 Å². The number of halogens is 2. The van der Waals surface area contributed by atoms with Crippen molar-refractivity contribution in [3.63, 3.8) is 0 Å². The summed E-state index contributed by atoms with van der Waals surface area (Å²) >= 11 is 0. The fourth-order valence-corrected chi connectivity index (χ4v) is 3.17. The summed E-state index contributed by atoms with van der Waals surface area (Å²) in [4.78, 5) is 19.8. The van der Waals surface area contributed by atoms with E-state index < -0.39 is 17.7 Å². The fourth-order valence-electron chi connectivity index (χ4n) is 3.17. The van der Waals surface area contributed by atoms with E-state index in [9.17, 15) is 18.7 Å². The summed E-state index contributed by atoms with van der Waals surface area (Å²) in [7, 11) is 0. The number of aliphatic hydroxyl groups is 1. The summed E-state index contributed by atoms with van der Waals surface area (Å²) in [5.41, 5.74) is 0.597. The molecule has 1 aliphatic heterocycles. The molecule has 7 heteroatoms. The first-order valence-corrected chi connectivity index (χ1v) is 8.11. The van der Waals surface area contributed by atoms with Crippen LogP contribution in [0.4, 0.5) is 14.5 Å². The second kappa shape index (κ2) is 7.67. The lowest BCUT2D eigenvalue weighted by Gasteiger charge is -2.27. The molecule has 1 fully saturated rings. The average molecular weight is 347 g/mol. The number of rotatable bonds is 6. The molecule has 3 rings (SSSR count). The Bertz CT molecular complexity index is 722. The van der Waals surface area contributed by atoms with Crippen LogP contribution in [0.15, 0.2) is 42.7 Å². The summed E-state index contributed by atoms with van der Waals surface area (Å²) in [6, 6.07) is 6.69. The van der Waals surface area contributed by atoms with Crippen LogP contribution in [0, 0.1) is 11.6 Å². The number of hydrogen-bond donors (Lipinski definition) is 1. The summed E-state index contributed by atoms with van der Waals surface area (Å²) in [5.74, 6) is -1.87. The highest BCUT2D eigenvalue weighted by Gasteiger charge is 2.38. The molecule has 0 spiro atoms. The number of amides is 1. The van der Waals surface area contributed by atoms with Crippen molar-refractivity contribution in [3.8, 4) is 0 Å². The predicted molar refractivity (Wildman–Crippen MR) is 88.8 cm³/mol. The number of para-hydroxylation sites is 1. The van der Waals surface area contributed by atoms with E-state index >= 15 is 0 Å². The molecule has 1 N–H and O–H groups in total. The zero-order valence-electron chi connectivity index (χ0n) is 13.6. The molecule has 1 atom stereocenters. The summed E-state index contributed by atoms with van der Waals surface area (Å²) in [6.07, 6.45) is 3.79. The van der Waals surface area contributed by atoms with E-state index in [1.807, 2.05) is 11.0 Å². The van der Waals surface area contributed by atoms with Gasteiger partial charge in [0.15, 0.2) is 0 Å². The van der Waals surface area contributed by atoms with Gasteiger partial charge in [0.05, 0.1) is 12.6 Å². The Hall–Kier alpha value is -2.38. The largest absolute Gasteiger partial charge is 0.395 e. The van der Waals surface area contributed by atoms with Crippen LogP contribution in [-0.2, 0) is 11.3 Å². The standard InChI is InChI=1S/C18H19F2N3O2/c19-14-4-1-5-15(20)17(14)23-8-6-16(18(23)25)22(9-10-24)12-13-3-2-7-21-11-13/h1-5,7,11,16,24H,6,8-10,12H2. The molecule has 1 aliphatic rings. The highest BCUT2D eigenvalue weighted by Crippen LogP contribution is 2.29. The lowest BCUT2D eigenvalue weighted by atomic mass is 10.1. The van der Waals surface area contributed by atoms with Crippen molar-refractivity contribution in [2.24, 2.45) is 0 Å². The molecule has 0 saturated carbocycles. The van der Waals surface area contributed by atoms with Crippen molar-refractivity contribution in [1.82, 2.24) is 9.88 Å². The maximum atomic E-state index is 14.0. The zero-order chi connectivity index (χ0) is 17.8. The molecular formula is C18H19F2N3O2. The maximum Gasteiger partial charge on any atom is 0.244 e. The first kappa shape index (κ1) is 17.4. The predicted octanol–water partition coefficient (Wildman–Crippen LogP) is 1.96. The van der Waals surface area contributed by atoms with Gasteiger partial charge in [-0.2, -0.15) is 0 Å². The molecule has 0 aliphatic carbocycles. The number of carbonyl (C=O) groups is 1. The third kappa shape index (κ3) is 3.67. The normalized spacial score (nSPS) is 17.5. The van der Waals surface area contributed by atoms with Crippen molar-refractivity contribution >= 4 is 11.6 Å². The molecule has 0 radical (unpaired) electrons. The van der Waals surface area contributed by atoms with Gasteiger partial charge in [-0.05, 0) is 30.2 Å². The summed E-state index contributed by atoms with van der Waals surface area (Å²) < 4.78 is 28.0. The van der Waals surface area contributed by atoms with Gasteiger partial charge >= 0.3 is 0 Å². The SMILES string of the molecule is O=C1C(N(CCO)Cc2cccnc2)CCN1c1c(F)cccc1F. The van der Waals surface area contributed by atoms with Crippen molar-refractivity contribution < 1.29 is 18.7 Å². The van der Waals surface area contributed by atoms with Crippen LogP contribution in [0.1, 0.15) is 12.0 Å². The third-order valence-electron chi connectivity index (χ3n) is 4.32. The van der Waals surface area contributed by atoms with E-state index in [2.05, 4.69) is 4.98 Å². The van der Waals surface area contributed by atoms with Gasteiger partial charge in [-0.15, -0.1) is 0 Å². The molecule has 1 saturated heterocycles. The molecule has 1 unspecified atom stereocenters. The van der Waals surface area contributed by atoms with Crippen molar-refractivity contribution in [1.29, 1.82) is 0 Å². The van der Waals surface area contributed by atoms with Gasteiger partial charge in [-0.1, -0.05) is 12.1 Å². The van der Waals surface area contributed by atoms with E-state index in [0.29, 0.717) is 19.5 Å². The quantitative estimate of drug-likeness (QED) is 0.868. The monoisotopic (exact) mass is 347 g/mol. The molecule has 1 aromatic heterocycles. The lowest BCUT2D eigenvalue weighted by molar-refractivity contribution is -0.122. The molecule has 1 amide bonds. The molecule has 2 aromatic rings. The molecule has 5 nitrogen and oxygen atoms in total. The number of anilines is 1. The Labute approximate surface area is 144 Å². The van der Waals surface area contributed by atoms with Crippen LogP contribution in [-0.4, -0.2) is 46.6 Å². The first-order valence-electron chi connectivity index (χ1n) is 8.11. The highest BCUT2D eigenvalue weighted by atomic mass is 19.1. The number of carbonyl (C=O) groups excluding carboxylic acids is 1. The Kier molecular flexibility index (Phi) is 5.35. The molecule has 25 heavy (non-hydrogen) atoms. The van der Waals surface area contributed by atoms with Gasteiger partial charge in [0.25, 0.3) is 0 Å². The average Bonchev–Trinajstić information content (AvgIpc) is 2.97. The number of aliphatic hydroxyl groups excluding tert-OH is 1. The van der Waals surface area contributed by atoms with Crippen molar-refractivity contribution in [3.05, 3.63) is 59.9 Å². The minimum Gasteiger partial charge on any atom is -0.395 e. The smallest absolute Gasteiger partial charge is 0.244 e. The number of pyridine rings is 1. The number of hydrogen-bond acceptors (Lipinski definition) is 4. The van der Waals surface area contributed by atoms with Gasteiger partial charge in [0.1, 0.15) is 17.3 Å². The molecule has 1 aromatic carbocycles. The van der Waals surface area contributed by atoms with E-state index in [1.54, 1.807) is 18.5 Å². The molecule has 132 valence electrons. The van der Waals surface area contributed by atoms with Gasteiger partial charge in [0.2, 0.25) is 5.91 Å². The van der Waals surface area contributed by atoms with Crippen LogP contribution in [0.25, 0.3) is 0 Å². The van der Waals surface area contributed by atoms with E-state index in [4.69, 9.17) is 0 Å². The van der Waals surface area contributed by atoms with Crippen molar-refractivity contribution in [2.45, 2.75) is 19.0 Å². The van der Waals surface area contributed by atoms with Crippen LogP contribution < -0.4 is 4.90 Å². The lowest BCUT2D eigenvalue weighted by Crippen LogP contribution is -2.43. The molecular weight excluding hydrogens is 328 g/mol. The van der Waals surface area contributed by atoms with Gasteiger partial charge < -0.3 is 10.0 Å². The third-order valence-corrected chi connectivity index (χ3v) is 4.32. The van der Waals surface area contributed by atoms with Crippen LogP contribution in [0.2, 0.25) is 0 Å². The molecule has 2 heterocycles. The second-order valence-corrected chi connectivity index (χ2v) is 5.92. The minimum atomic E-state index is -0.755. The maximum absolute atomic E-state index is 14.0. The first-order chi connectivity index (χ1) is 12.1. The Balaban J connectivity index is 1.81. The number of benzene rings is 1. The topological polar surface area (TPSA) is 56.7 Å². The van der Waals surface area contributed by atoms with E-state index in [-0.39, 0.29) is 24.7 Å². The van der Waals surface area contributed by atoms with Crippen molar-refractivity contribution in [2.75, 3.05) is 24.6 Å². The van der Waals surface area contributed by atoms with E-state index in [1.165, 1.54) is 6.07 Å². The fraction of sp³-hybridized carbons (Fsp3) is 0.333. The minimum absolute atomic E-state index is 0.113. The number of aromatic nitrogens is 1. The Morgan fingerprint density at radius 1 is 1.24 bits per heavy atom. The van der Waals surface area contributed by atoms with Gasteiger partial charge in [0, 0.05) is 32.0 Å². The van der Waals surface area contributed by atoms with Crippen LogP contribution >= 0.6 is 0 Å². The van der Waals surface area contributed by atoms with Crippen LogP contribution in [0.3, 0.4) is 0 Å². The summed E-state index contributed by atoms with van der Waals surface area (Å²) in [5, 5.41) is 9.33. The second-order valence-electron chi connectivity index (χ2n) is 5.92. The zero-order valence-corrected chi connectivity index (χ0v) is 13.6. The Morgan fingerprint density at radius 3 is 2.64 bits per heavy atom. The van der Waals surface area contributed by atoms with E-state index in [0.717, 1.165) is 22.6 Å². The van der Waals surface area contributed by atoms with Gasteiger partial charge in [-0.25, -0.2) is 8.78 Å². The van der Waals surface area contributed by atoms with Gasteiger partial charge in [-0.3, -0.25) is 14.7 Å².